The zero-order chi connectivity index (χ0) is 16.9. The van der Waals surface area contributed by atoms with Crippen LogP contribution in [0.5, 0.6) is 0 Å². The Morgan fingerprint density at radius 1 is 0.917 bits per heavy atom. The topological polar surface area (TPSA) is 83.9 Å². The SMILES string of the molecule is N=C(N)NC(=O)Cn1cccc1-c1ccc(-c2ccccc2)cc1. The molecule has 5 heteroatoms. The van der Waals surface area contributed by atoms with Crippen molar-refractivity contribution in [3.63, 3.8) is 0 Å². The molecular weight excluding hydrogens is 300 g/mol. The maximum atomic E-state index is 11.8. The van der Waals surface area contributed by atoms with Crippen LogP contribution in [-0.4, -0.2) is 16.4 Å². The van der Waals surface area contributed by atoms with E-state index in [1.165, 1.54) is 5.56 Å². The summed E-state index contributed by atoms with van der Waals surface area (Å²) >= 11 is 0. The van der Waals surface area contributed by atoms with Crippen molar-refractivity contribution in [1.82, 2.24) is 9.88 Å². The lowest BCUT2D eigenvalue weighted by Gasteiger charge is -2.10. The van der Waals surface area contributed by atoms with Crippen molar-refractivity contribution in [3.8, 4) is 22.4 Å². The van der Waals surface area contributed by atoms with E-state index in [2.05, 4.69) is 29.6 Å². The summed E-state index contributed by atoms with van der Waals surface area (Å²) in [7, 11) is 0. The van der Waals surface area contributed by atoms with E-state index in [-0.39, 0.29) is 18.4 Å². The van der Waals surface area contributed by atoms with Gasteiger partial charge in [0.05, 0.1) is 0 Å². The Hall–Kier alpha value is -3.34. The van der Waals surface area contributed by atoms with Gasteiger partial charge in [0.15, 0.2) is 5.96 Å². The van der Waals surface area contributed by atoms with Crippen LogP contribution in [0.3, 0.4) is 0 Å². The molecule has 2 aromatic carbocycles. The van der Waals surface area contributed by atoms with Crippen LogP contribution in [0.1, 0.15) is 0 Å². The first-order chi connectivity index (χ1) is 11.6. The van der Waals surface area contributed by atoms with Gasteiger partial charge in [-0.15, -0.1) is 0 Å². The number of amides is 1. The summed E-state index contributed by atoms with van der Waals surface area (Å²) in [6, 6.07) is 22.2. The maximum Gasteiger partial charge on any atom is 0.246 e. The smallest absolute Gasteiger partial charge is 0.246 e. The molecule has 0 aliphatic heterocycles. The number of hydrogen-bond acceptors (Lipinski definition) is 2. The van der Waals surface area contributed by atoms with Crippen LogP contribution in [0.2, 0.25) is 0 Å². The van der Waals surface area contributed by atoms with Gasteiger partial charge in [-0.3, -0.25) is 15.5 Å². The van der Waals surface area contributed by atoms with Gasteiger partial charge in [-0.25, -0.2) is 0 Å². The number of nitrogens with two attached hydrogens (primary N) is 1. The summed E-state index contributed by atoms with van der Waals surface area (Å²) in [5.74, 6) is -0.665. The first-order valence-electron chi connectivity index (χ1n) is 7.58. The van der Waals surface area contributed by atoms with Gasteiger partial charge >= 0.3 is 0 Å². The molecule has 0 aliphatic carbocycles. The lowest BCUT2D eigenvalue weighted by atomic mass is 10.0. The number of aromatic nitrogens is 1. The number of carbonyl (C=O) groups is 1. The lowest BCUT2D eigenvalue weighted by molar-refractivity contribution is -0.120. The van der Waals surface area contributed by atoms with Crippen LogP contribution in [-0.2, 0) is 11.3 Å². The Kier molecular flexibility index (Phi) is 4.43. The average molecular weight is 318 g/mol. The van der Waals surface area contributed by atoms with Gasteiger partial charge in [0.1, 0.15) is 6.54 Å². The summed E-state index contributed by atoms with van der Waals surface area (Å²) in [4.78, 5) is 11.8. The van der Waals surface area contributed by atoms with Gasteiger partial charge in [-0.2, -0.15) is 0 Å². The zero-order valence-electron chi connectivity index (χ0n) is 13.1. The van der Waals surface area contributed by atoms with Crippen molar-refractivity contribution in [2.75, 3.05) is 0 Å². The molecule has 120 valence electrons. The minimum atomic E-state index is -0.346. The zero-order valence-corrected chi connectivity index (χ0v) is 13.1. The van der Waals surface area contributed by atoms with Crippen LogP contribution in [0.25, 0.3) is 22.4 Å². The van der Waals surface area contributed by atoms with E-state index in [1.54, 1.807) is 0 Å². The van der Waals surface area contributed by atoms with Crippen molar-refractivity contribution in [2.45, 2.75) is 6.54 Å². The number of guanidine groups is 1. The van der Waals surface area contributed by atoms with Gasteiger partial charge < -0.3 is 10.3 Å². The van der Waals surface area contributed by atoms with Crippen LogP contribution in [0, 0.1) is 5.41 Å². The molecule has 1 heterocycles. The molecule has 24 heavy (non-hydrogen) atoms. The predicted octanol–water partition coefficient (Wildman–Crippen LogP) is 2.83. The molecule has 0 atom stereocenters. The van der Waals surface area contributed by atoms with E-state index in [9.17, 15) is 4.79 Å². The number of benzene rings is 2. The minimum Gasteiger partial charge on any atom is -0.370 e. The van der Waals surface area contributed by atoms with Gasteiger partial charge in [0.2, 0.25) is 5.91 Å². The van der Waals surface area contributed by atoms with Crippen molar-refractivity contribution in [3.05, 3.63) is 72.9 Å². The number of nitrogens with one attached hydrogen (secondary N) is 2. The van der Waals surface area contributed by atoms with Gasteiger partial charge in [-0.1, -0.05) is 54.6 Å². The lowest BCUT2D eigenvalue weighted by Crippen LogP contribution is -2.37. The third-order valence-electron chi connectivity index (χ3n) is 3.71. The second kappa shape index (κ2) is 6.83. The largest absolute Gasteiger partial charge is 0.370 e. The molecule has 0 fully saturated rings. The van der Waals surface area contributed by atoms with E-state index >= 15 is 0 Å². The van der Waals surface area contributed by atoms with E-state index in [4.69, 9.17) is 11.1 Å². The molecule has 3 aromatic rings. The summed E-state index contributed by atoms with van der Waals surface area (Å²) in [6.45, 7) is 0.113. The van der Waals surface area contributed by atoms with Crippen molar-refractivity contribution < 1.29 is 4.79 Å². The number of carbonyl (C=O) groups excluding carboxylic acids is 1. The minimum absolute atomic E-state index is 0.113. The van der Waals surface area contributed by atoms with Crippen molar-refractivity contribution >= 4 is 11.9 Å². The van der Waals surface area contributed by atoms with E-state index in [0.29, 0.717) is 0 Å². The van der Waals surface area contributed by atoms with Crippen LogP contribution in [0.4, 0.5) is 0 Å². The second-order valence-corrected chi connectivity index (χ2v) is 5.43. The second-order valence-electron chi connectivity index (χ2n) is 5.43. The summed E-state index contributed by atoms with van der Waals surface area (Å²) in [5.41, 5.74) is 9.46. The van der Waals surface area contributed by atoms with E-state index in [1.807, 2.05) is 53.2 Å². The van der Waals surface area contributed by atoms with Crippen molar-refractivity contribution in [1.29, 1.82) is 5.41 Å². The van der Waals surface area contributed by atoms with E-state index < -0.39 is 0 Å². The standard InChI is InChI=1S/C19H18N4O/c20-19(21)22-18(24)13-23-12-4-7-17(23)16-10-8-15(9-11-16)14-5-2-1-3-6-14/h1-12H,13H2,(H4,20,21,22,24). The molecule has 4 N–H and O–H groups in total. The molecule has 0 aliphatic rings. The first kappa shape index (κ1) is 15.6. The number of hydrogen-bond donors (Lipinski definition) is 3. The average Bonchev–Trinajstić information content (AvgIpc) is 3.03. The highest BCUT2D eigenvalue weighted by Crippen LogP contribution is 2.25. The Morgan fingerprint density at radius 3 is 2.21 bits per heavy atom. The molecule has 0 bridgehead atoms. The fourth-order valence-corrected chi connectivity index (χ4v) is 2.62. The first-order valence-corrected chi connectivity index (χ1v) is 7.58. The van der Waals surface area contributed by atoms with Gasteiger partial charge in [0.25, 0.3) is 0 Å². The van der Waals surface area contributed by atoms with Crippen molar-refractivity contribution in [2.24, 2.45) is 5.73 Å². The Labute approximate surface area is 140 Å². The molecule has 1 amide bonds. The fourth-order valence-electron chi connectivity index (χ4n) is 2.62. The summed E-state index contributed by atoms with van der Waals surface area (Å²) in [5, 5.41) is 9.40. The van der Waals surface area contributed by atoms with Gasteiger partial charge in [0, 0.05) is 11.9 Å². The number of nitrogens with zero attached hydrogens (tertiary/aromatic N) is 1. The molecule has 0 unspecified atom stereocenters. The molecule has 0 spiro atoms. The summed E-state index contributed by atoms with van der Waals surface area (Å²) in [6.07, 6.45) is 1.83. The molecule has 3 rings (SSSR count). The highest BCUT2D eigenvalue weighted by atomic mass is 16.2. The highest BCUT2D eigenvalue weighted by Gasteiger charge is 2.09. The van der Waals surface area contributed by atoms with E-state index in [0.717, 1.165) is 16.8 Å². The predicted molar refractivity (Wildman–Crippen MR) is 95.4 cm³/mol. The van der Waals surface area contributed by atoms with Crippen LogP contribution < -0.4 is 11.1 Å². The van der Waals surface area contributed by atoms with Gasteiger partial charge in [-0.05, 0) is 28.8 Å². The quantitative estimate of drug-likeness (QED) is 0.510. The normalized spacial score (nSPS) is 10.3. The highest BCUT2D eigenvalue weighted by molar-refractivity contribution is 5.94. The Balaban J connectivity index is 1.82. The molecule has 1 aromatic heterocycles. The monoisotopic (exact) mass is 318 g/mol. The number of rotatable bonds is 4. The fraction of sp³-hybridized carbons (Fsp3) is 0.0526. The summed E-state index contributed by atoms with van der Waals surface area (Å²) < 4.78 is 1.83. The third kappa shape index (κ3) is 3.52. The third-order valence-corrected chi connectivity index (χ3v) is 3.71. The Morgan fingerprint density at radius 2 is 1.54 bits per heavy atom. The molecule has 0 saturated carbocycles. The maximum absolute atomic E-state index is 11.8. The van der Waals surface area contributed by atoms with Crippen LogP contribution >= 0.6 is 0 Å². The molecule has 0 radical (unpaired) electrons. The Bertz CT molecular complexity index is 851. The molecule has 0 saturated heterocycles. The van der Waals surface area contributed by atoms with Crippen LogP contribution in [0.15, 0.2) is 72.9 Å². The molecule has 5 nitrogen and oxygen atoms in total. The molecular formula is C19H18N4O.